The summed E-state index contributed by atoms with van der Waals surface area (Å²) in [5.74, 6) is -0.421. The minimum atomic E-state index is -3.68. The lowest BCUT2D eigenvalue weighted by Crippen LogP contribution is -2.35. The molecule has 2 aromatic carbocycles. The fourth-order valence-electron chi connectivity index (χ4n) is 2.54. The smallest absolute Gasteiger partial charge is 0.273 e. The maximum atomic E-state index is 12.4. The van der Waals surface area contributed by atoms with Crippen molar-refractivity contribution in [3.8, 4) is 0 Å². The number of nitro benzene ring substituents is 1. The summed E-state index contributed by atoms with van der Waals surface area (Å²) in [6.07, 6.45) is -0.152. The number of rotatable bonds is 8. The molecule has 0 atom stereocenters. The zero-order chi connectivity index (χ0) is 20.0. The van der Waals surface area contributed by atoms with Crippen molar-refractivity contribution >= 4 is 21.6 Å². The Balaban J connectivity index is 1.89. The van der Waals surface area contributed by atoms with Gasteiger partial charge in [-0.3, -0.25) is 14.9 Å². The van der Waals surface area contributed by atoms with E-state index in [9.17, 15) is 23.3 Å². The summed E-state index contributed by atoms with van der Waals surface area (Å²) < 4.78 is 27.2. The van der Waals surface area contributed by atoms with Gasteiger partial charge in [-0.25, -0.2) is 13.1 Å². The highest BCUT2D eigenvalue weighted by molar-refractivity contribution is 7.89. The van der Waals surface area contributed by atoms with Crippen molar-refractivity contribution in [3.05, 3.63) is 69.3 Å². The van der Waals surface area contributed by atoms with E-state index in [1.807, 2.05) is 6.07 Å². The Kier molecular flexibility index (Phi) is 6.65. The predicted molar refractivity (Wildman–Crippen MR) is 101 cm³/mol. The summed E-state index contributed by atoms with van der Waals surface area (Å²) in [5.41, 5.74) is 1.64. The first kappa shape index (κ1) is 20.5. The van der Waals surface area contributed by atoms with Gasteiger partial charge in [0.05, 0.1) is 16.2 Å². The Labute approximate surface area is 157 Å². The fraction of sp³-hybridized carbons (Fsp3) is 0.278. The lowest BCUT2D eigenvalue weighted by Gasteiger charge is -2.11. The Morgan fingerprint density at radius 1 is 1.11 bits per heavy atom. The van der Waals surface area contributed by atoms with Gasteiger partial charge >= 0.3 is 0 Å². The number of nitrogens with one attached hydrogen (secondary N) is 2. The third-order valence-electron chi connectivity index (χ3n) is 3.91. The highest BCUT2D eigenvalue weighted by Crippen LogP contribution is 2.18. The lowest BCUT2D eigenvalue weighted by molar-refractivity contribution is -0.385. The molecule has 0 fully saturated rings. The molecule has 0 aliphatic heterocycles. The molecule has 27 heavy (non-hydrogen) atoms. The number of aryl methyl sites for hydroxylation is 2. The van der Waals surface area contributed by atoms with E-state index < -0.39 is 20.9 Å². The molecule has 9 heteroatoms. The van der Waals surface area contributed by atoms with Gasteiger partial charge in [0.1, 0.15) is 0 Å². The van der Waals surface area contributed by atoms with Crippen LogP contribution < -0.4 is 10.0 Å². The van der Waals surface area contributed by atoms with Crippen LogP contribution in [0.3, 0.4) is 0 Å². The Bertz CT molecular complexity index is 957. The van der Waals surface area contributed by atoms with Crippen LogP contribution in [-0.4, -0.2) is 32.3 Å². The quantitative estimate of drug-likeness (QED) is 0.404. The number of sulfonamides is 1. The molecule has 0 saturated carbocycles. The minimum absolute atomic E-state index is 0.0122. The van der Waals surface area contributed by atoms with Crippen LogP contribution in [0.1, 0.15) is 16.7 Å². The topological polar surface area (TPSA) is 118 Å². The highest BCUT2D eigenvalue weighted by atomic mass is 32.2. The summed E-state index contributed by atoms with van der Waals surface area (Å²) in [7, 11) is -3.68. The first-order valence-electron chi connectivity index (χ1n) is 8.26. The molecule has 0 radical (unpaired) electrons. The third kappa shape index (κ3) is 5.60. The molecule has 144 valence electrons. The predicted octanol–water partition coefficient (Wildman–Crippen LogP) is 1.85. The molecule has 0 unspecified atom stereocenters. The van der Waals surface area contributed by atoms with E-state index in [4.69, 9.17) is 0 Å². The third-order valence-corrected chi connectivity index (χ3v) is 5.51. The van der Waals surface area contributed by atoms with Gasteiger partial charge in [0.25, 0.3) is 5.69 Å². The lowest BCUT2D eigenvalue weighted by atomic mass is 10.1. The van der Waals surface area contributed by atoms with Crippen LogP contribution >= 0.6 is 0 Å². The van der Waals surface area contributed by atoms with E-state index in [1.165, 1.54) is 18.2 Å². The number of carbonyl (C=O) groups excluding carboxylic acids is 1. The number of amides is 1. The number of benzene rings is 2. The van der Waals surface area contributed by atoms with Gasteiger partial charge in [-0.2, -0.15) is 0 Å². The molecule has 0 aliphatic carbocycles. The molecule has 2 rings (SSSR count). The standard InChI is InChI=1S/C18H21N3O5S/c1-13-7-8-14(2)17(11-13)27(25,26)20-10-9-19-18(22)12-15-5-3-4-6-16(15)21(23)24/h3-8,11,20H,9-10,12H2,1-2H3,(H,19,22). The van der Waals surface area contributed by atoms with Gasteiger partial charge in [-0.05, 0) is 31.0 Å². The summed E-state index contributed by atoms with van der Waals surface area (Å²) in [5, 5.41) is 13.5. The molecule has 0 bridgehead atoms. The maximum Gasteiger partial charge on any atom is 0.273 e. The zero-order valence-electron chi connectivity index (χ0n) is 15.1. The number of nitrogens with zero attached hydrogens (tertiary/aromatic N) is 1. The number of hydrogen-bond acceptors (Lipinski definition) is 5. The van der Waals surface area contributed by atoms with Gasteiger partial charge in [0, 0.05) is 24.7 Å². The van der Waals surface area contributed by atoms with Crippen molar-refractivity contribution in [1.29, 1.82) is 0 Å². The number of hydrogen-bond donors (Lipinski definition) is 2. The Morgan fingerprint density at radius 3 is 2.52 bits per heavy atom. The van der Waals surface area contributed by atoms with Crippen LogP contribution in [0.25, 0.3) is 0 Å². The molecule has 2 aromatic rings. The summed E-state index contributed by atoms with van der Waals surface area (Å²) in [6.45, 7) is 3.60. The van der Waals surface area contributed by atoms with E-state index in [0.717, 1.165) is 5.56 Å². The second-order valence-electron chi connectivity index (χ2n) is 6.08. The number of nitro groups is 1. The average molecular weight is 391 g/mol. The van der Waals surface area contributed by atoms with E-state index in [1.54, 1.807) is 32.0 Å². The molecule has 0 spiro atoms. The summed E-state index contributed by atoms with van der Waals surface area (Å²) in [6, 6.07) is 11.2. The number of carbonyl (C=O) groups is 1. The Morgan fingerprint density at radius 2 is 1.81 bits per heavy atom. The van der Waals surface area contributed by atoms with Crippen molar-refractivity contribution in [2.24, 2.45) is 0 Å². The van der Waals surface area contributed by atoms with E-state index >= 15 is 0 Å². The van der Waals surface area contributed by atoms with Gasteiger partial charge in [0.2, 0.25) is 15.9 Å². The van der Waals surface area contributed by atoms with Crippen LogP contribution in [0.5, 0.6) is 0 Å². The highest BCUT2D eigenvalue weighted by Gasteiger charge is 2.17. The molecule has 8 nitrogen and oxygen atoms in total. The van der Waals surface area contributed by atoms with Crippen LogP contribution in [0.2, 0.25) is 0 Å². The zero-order valence-corrected chi connectivity index (χ0v) is 15.9. The molecule has 0 heterocycles. The monoisotopic (exact) mass is 391 g/mol. The molecule has 1 amide bonds. The molecule has 0 saturated heterocycles. The number of para-hydroxylation sites is 1. The molecular weight excluding hydrogens is 370 g/mol. The van der Waals surface area contributed by atoms with E-state index in [2.05, 4.69) is 10.0 Å². The Hall–Kier alpha value is -2.78. The summed E-state index contributed by atoms with van der Waals surface area (Å²) in [4.78, 5) is 22.6. The van der Waals surface area contributed by atoms with Gasteiger partial charge in [0.15, 0.2) is 0 Å². The van der Waals surface area contributed by atoms with Gasteiger partial charge in [-0.15, -0.1) is 0 Å². The van der Waals surface area contributed by atoms with Crippen molar-refractivity contribution in [3.63, 3.8) is 0 Å². The average Bonchev–Trinajstić information content (AvgIpc) is 2.61. The molecular formula is C18H21N3O5S. The first-order chi connectivity index (χ1) is 12.7. The van der Waals surface area contributed by atoms with Crippen LogP contribution in [0.4, 0.5) is 5.69 Å². The van der Waals surface area contributed by atoms with Crippen molar-refractivity contribution in [1.82, 2.24) is 10.0 Å². The largest absolute Gasteiger partial charge is 0.354 e. The van der Waals surface area contributed by atoms with E-state index in [-0.39, 0.29) is 30.1 Å². The molecule has 0 aliphatic rings. The molecule has 2 N–H and O–H groups in total. The van der Waals surface area contributed by atoms with Crippen LogP contribution in [0, 0.1) is 24.0 Å². The second-order valence-corrected chi connectivity index (χ2v) is 7.81. The van der Waals surface area contributed by atoms with Crippen LogP contribution in [0.15, 0.2) is 47.4 Å². The second kappa shape index (κ2) is 8.74. The van der Waals surface area contributed by atoms with E-state index in [0.29, 0.717) is 11.1 Å². The molecule has 0 aromatic heterocycles. The fourth-order valence-corrected chi connectivity index (χ4v) is 3.90. The van der Waals surface area contributed by atoms with Crippen molar-refractivity contribution in [2.75, 3.05) is 13.1 Å². The first-order valence-corrected chi connectivity index (χ1v) is 9.75. The van der Waals surface area contributed by atoms with Crippen molar-refractivity contribution in [2.45, 2.75) is 25.2 Å². The van der Waals surface area contributed by atoms with Crippen molar-refractivity contribution < 1.29 is 18.1 Å². The van der Waals surface area contributed by atoms with Gasteiger partial charge < -0.3 is 5.32 Å². The maximum absolute atomic E-state index is 12.4. The normalized spacial score (nSPS) is 11.2. The minimum Gasteiger partial charge on any atom is -0.354 e. The SMILES string of the molecule is Cc1ccc(C)c(S(=O)(=O)NCCNC(=O)Cc2ccccc2[N+](=O)[O-])c1. The van der Waals surface area contributed by atoms with Gasteiger partial charge in [-0.1, -0.05) is 30.3 Å². The summed E-state index contributed by atoms with van der Waals surface area (Å²) >= 11 is 0. The van der Waals surface area contributed by atoms with Crippen LogP contribution in [-0.2, 0) is 21.2 Å².